The lowest BCUT2D eigenvalue weighted by atomic mass is 11.1. The van der Waals surface area contributed by atoms with Gasteiger partial charge in [0.05, 0.1) is 0 Å². The Balaban J connectivity index is 3.12. The summed E-state index contributed by atoms with van der Waals surface area (Å²) in [6.45, 7) is 0. The molecule has 0 saturated carbocycles. The summed E-state index contributed by atoms with van der Waals surface area (Å²) in [5.74, 6) is -0.0532. The first-order valence-electron chi connectivity index (χ1n) is 2.02. The number of rotatable bonds is 1. The number of nitrogens with one attached hydrogen (secondary N) is 2. The number of hydrogen-bond donors (Lipinski definition) is 2. The van der Waals surface area contributed by atoms with Gasteiger partial charge in [0.1, 0.15) is 0 Å². The third-order valence-electron chi connectivity index (χ3n) is 0.628. The van der Waals surface area contributed by atoms with E-state index in [1.807, 2.05) is 5.10 Å². The van der Waals surface area contributed by atoms with E-state index in [2.05, 4.69) is 20.1 Å². The molecular formula is C2H2N6O. The highest BCUT2D eigenvalue weighted by Gasteiger charge is 1.88. The van der Waals surface area contributed by atoms with Gasteiger partial charge in [-0.15, -0.1) is 0 Å². The molecule has 7 nitrogen and oxygen atoms in total. The summed E-state index contributed by atoms with van der Waals surface area (Å²) >= 11 is 0. The third kappa shape index (κ3) is 1.07. The largest absolute Gasteiger partial charge is 0.340 e. The second-order valence-electron chi connectivity index (χ2n) is 1.19. The molecule has 0 amide bonds. The number of H-pyrrole nitrogens is 2. The fraction of sp³-hybridized carbons (Fsp3) is 0. The molecule has 46 valence electrons. The molecule has 1 rings (SSSR count). The first-order chi connectivity index (χ1) is 4.33. The molecule has 0 bridgehead atoms. The minimum atomic E-state index is -0.489. The molecule has 1 heterocycles. The summed E-state index contributed by atoms with van der Waals surface area (Å²) in [6.07, 6.45) is 0. The van der Waals surface area contributed by atoms with Crippen LogP contribution in [0.3, 0.4) is 0 Å². The zero-order chi connectivity index (χ0) is 6.69. The van der Waals surface area contributed by atoms with Crippen molar-refractivity contribution in [3.8, 4) is 0 Å². The minimum Gasteiger partial charge on any atom is -0.288 e. The maximum Gasteiger partial charge on any atom is 0.340 e. The highest BCUT2D eigenvalue weighted by Crippen LogP contribution is 1.93. The standard InChI is InChI=1S/C2H2N6O/c3-8-6-1-4-2(9)7-5-1/h(H2,4,5,7,9). The van der Waals surface area contributed by atoms with Crippen molar-refractivity contribution < 1.29 is 0 Å². The van der Waals surface area contributed by atoms with E-state index in [0.29, 0.717) is 0 Å². The van der Waals surface area contributed by atoms with Crippen molar-refractivity contribution in [2.45, 2.75) is 0 Å². The summed E-state index contributed by atoms with van der Waals surface area (Å²) in [7, 11) is 0. The second-order valence-corrected chi connectivity index (χ2v) is 1.19. The van der Waals surface area contributed by atoms with Crippen molar-refractivity contribution in [2.75, 3.05) is 0 Å². The van der Waals surface area contributed by atoms with Crippen LogP contribution in [0.5, 0.6) is 0 Å². The summed E-state index contributed by atoms with van der Waals surface area (Å²) < 4.78 is 0. The monoisotopic (exact) mass is 126 g/mol. The number of hydrogen-bond acceptors (Lipinski definition) is 3. The Labute approximate surface area is 48.3 Å². The topological polar surface area (TPSA) is 110 Å². The Kier molecular flexibility index (Phi) is 1.21. The van der Waals surface area contributed by atoms with Crippen LogP contribution in [-0.2, 0) is 0 Å². The molecule has 0 aromatic carbocycles. The molecular weight excluding hydrogens is 124 g/mol. The number of azide groups is 1. The number of nitrogens with zero attached hydrogens (tertiary/aromatic N) is 4. The Hall–Kier alpha value is -1.75. The van der Waals surface area contributed by atoms with Gasteiger partial charge in [-0.2, -0.15) is 5.10 Å². The van der Waals surface area contributed by atoms with E-state index in [-0.39, 0.29) is 5.95 Å². The second kappa shape index (κ2) is 2.01. The van der Waals surface area contributed by atoms with Crippen LogP contribution in [-0.4, -0.2) is 15.2 Å². The van der Waals surface area contributed by atoms with Crippen molar-refractivity contribution in [3.05, 3.63) is 20.9 Å². The van der Waals surface area contributed by atoms with Crippen LogP contribution in [0.4, 0.5) is 5.95 Å². The first kappa shape index (κ1) is 5.39. The van der Waals surface area contributed by atoms with Crippen LogP contribution >= 0.6 is 0 Å². The molecule has 0 aliphatic rings. The molecule has 0 atom stereocenters. The fourth-order valence-electron chi connectivity index (χ4n) is 0.351. The zero-order valence-electron chi connectivity index (χ0n) is 4.20. The summed E-state index contributed by atoms with van der Waals surface area (Å²) in [6, 6.07) is 0. The van der Waals surface area contributed by atoms with Crippen molar-refractivity contribution in [2.24, 2.45) is 5.11 Å². The van der Waals surface area contributed by atoms with Crippen LogP contribution in [0.15, 0.2) is 9.91 Å². The molecule has 2 N–H and O–H groups in total. The van der Waals surface area contributed by atoms with E-state index < -0.39 is 5.69 Å². The van der Waals surface area contributed by atoms with Gasteiger partial charge in [-0.25, -0.2) is 9.89 Å². The summed E-state index contributed by atoms with van der Waals surface area (Å²) in [5.41, 5.74) is 7.32. The van der Waals surface area contributed by atoms with Gasteiger partial charge < -0.3 is 0 Å². The van der Waals surface area contributed by atoms with Crippen molar-refractivity contribution in [3.63, 3.8) is 0 Å². The Morgan fingerprint density at radius 1 is 1.78 bits per heavy atom. The minimum absolute atomic E-state index is 0.0532. The van der Waals surface area contributed by atoms with Crippen LogP contribution in [0.1, 0.15) is 0 Å². The molecule has 0 saturated heterocycles. The Morgan fingerprint density at radius 3 is 3.00 bits per heavy atom. The maximum atomic E-state index is 10.2. The lowest BCUT2D eigenvalue weighted by molar-refractivity contribution is 1.05. The van der Waals surface area contributed by atoms with Crippen molar-refractivity contribution in [1.29, 1.82) is 0 Å². The maximum absolute atomic E-state index is 10.2. The van der Waals surface area contributed by atoms with Gasteiger partial charge in [0.25, 0.3) is 0 Å². The van der Waals surface area contributed by atoms with E-state index in [4.69, 9.17) is 5.53 Å². The van der Waals surface area contributed by atoms with E-state index in [0.717, 1.165) is 0 Å². The van der Waals surface area contributed by atoms with Gasteiger partial charge in [0, 0.05) is 4.91 Å². The molecule has 7 heteroatoms. The zero-order valence-corrected chi connectivity index (χ0v) is 4.20. The van der Waals surface area contributed by atoms with E-state index in [1.54, 1.807) is 0 Å². The van der Waals surface area contributed by atoms with Gasteiger partial charge in [-0.1, -0.05) is 0 Å². The lowest BCUT2D eigenvalue weighted by Crippen LogP contribution is -1.99. The highest BCUT2D eigenvalue weighted by atomic mass is 16.1. The average Bonchev–Trinajstić information content (AvgIpc) is 2.17. The SMILES string of the molecule is [N-]=[N+]=Nc1n[nH]c(=O)[nH]1. The summed E-state index contributed by atoms with van der Waals surface area (Å²) in [5, 5.41) is 8.33. The van der Waals surface area contributed by atoms with Crippen LogP contribution in [0.2, 0.25) is 0 Å². The van der Waals surface area contributed by atoms with Gasteiger partial charge in [-0.3, -0.25) is 4.98 Å². The molecule has 9 heavy (non-hydrogen) atoms. The Morgan fingerprint density at radius 2 is 2.56 bits per heavy atom. The van der Waals surface area contributed by atoms with Crippen LogP contribution in [0.25, 0.3) is 10.4 Å². The Bertz CT molecular complexity index is 288. The van der Waals surface area contributed by atoms with Gasteiger partial charge in [0.15, 0.2) is 0 Å². The molecule has 0 aliphatic heterocycles. The molecule has 0 fully saturated rings. The van der Waals surface area contributed by atoms with E-state index in [9.17, 15) is 4.79 Å². The smallest absolute Gasteiger partial charge is 0.288 e. The van der Waals surface area contributed by atoms with Gasteiger partial charge in [0.2, 0.25) is 5.95 Å². The van der Waals surface area contributed by atoms with Crippen LogP contribution in [0, 0.1) is 0 Å². The highest BCUT2D eigenvalue weighted by molar-refractivity contribution is 5.07. The predicted octanol–water partition coefficient (Wildman–Crippen LogP) is 0.0398. The van der Waals surface area contributed by atoms with Gasteiger partial charge in [-0.05, 0) is 10.6 Å². The quantitative estimate of drug-likeness (QED) is 0.314. The molecule has 1 aromatic rings. The fourth-order valence-corrected chi connectivity index (χ4v) is 0.351. The number of aromatic nitrogens is 3. The average molecular weight is 126 g/mol. The van der Waals surface area contributed by atoms with E-state index in [1.165, 1.54) is 0 Å². The normalized spacial score (nSPS) is 8.44. The predicted molar refractivity (Wildman–Crippen MR) is 28.0 cm³/mol. The third-order valence-corrected chi connectivity index (χ3v) is 0.628. The van der Waals surface area contributed by atoms with Crippen molar-refractivity contribution >= 4 is 5.95 Å². The van der Waals surface area contributed by atoms with Gasteiger partial charge >= 0.3 is 5.69 Å². The molecule has 0 unspecified atom stereocenters. The van der Waals surface area contributed by atoms with E-state index >= 15 is 0 Å². The molecule has 0 radical (unpaired) electrons. The number of aromatic amines is 2. The van der Waals surface area contributed by atoms with Crippen molar-refractivity contribution in [1.82, 2.24) is 15.2 Å². The van der Waals surface area contributed by atoms with Crippen LogP contribution < -0.4 is 5.69 Å². The molecule has 1 aromatic heterocycles. The summed E-state index contributed by atoms with van der Waals surface area (Å²) in [4.78, 5) is 14.7. The first-order valence-corrected chi connectivity index (χ1v) is 2.02. The molecule has 0 aliphatic carbocycles. The molecule has 0 spiro atoms. The lowest BCUT2D eigenvalue weighted by Gasteiger charge is -1.68.